The van der Waals surface area contributed by atoms with E-state index in [0.29, 0.717) is 24.2 Å². The number of hydrogen-bond acceptors (Lipinski definition) is 4. The van der Waals surface area contributed by atoms with Gasteiger partial charge in [-0.15, -0.1) is 120 Å². The molecule has 0 aliphatic heterocycles. The molecular weight excluding hydrogens is 968 g/mol. The number of hydrogen-bond donors (Lipinski definition) is 3. The third kappa shape index (κ3) is 38.8. The van der Waals surface area contributed by atoms with E-state index in [4.69, 9.17) is 5.73 Å². The molecule has 0 aromatic rings. The lowest BCUT2D eigenvalue weighted by Gasteiger charge is -2.23. The second-order valence-electron chi connectivity index (χ2n) is 4.56. The maximum atomic E-state index is 11.3. The number of halogens is 6. The number of carbonyl (C=O) groups excluding carboxylic acids is 1. The average molecular weight is 997 g/mol. The van der Waals surface area contributed by atoms with Crippen LogP contribution in [0.4, 0.5) is 0 Å². The van der Waals surface area contributed by atoms with Crippen molar-refractivity contribution in [2.45, 2.75) is 0 Å². The van der Waals surface area contributed by atoms with E-state index >= 15 is 0 Å². The molecule has 0 aromatic carbocycles. The van der Waals surface area contributed by atoms with E-state index in [0.717, 1.165) is 13.1 Å². The molecule has 22 heavy (non-hydrogen) atoms. The molecule has 142 valence electrons. The normalized spacial score (nSPS) is 8.73. The molecule has 12 heteroatoms. The predicted molar refractivity (Wildman–Crippen MR) is 143 cm³/mol. The van der Waals surface area contributed by atoms with Crippen molar-refractivity contribution in [1.82, 2.24) is 10.6 Å². The van der Waals surface area contributed by atoms with Crippen LogP contribution >= 0.6 is 120 Å². The van der Waals surface area contributed by atoms with Gasteiger partial charge in [0.1, 0.15) is 0 Å². The molecule has 0 heterocycles. The summed E-state index contributed by atoms with van der Waals surface area (Å²) >= 11 is 0. The van der Waals surface area contributed by atoms with Crippen LogP contribution in [0.2, 0.25) is 0 Å². The third-order valence-electron chi connectivity index (χ3n) is 1.67. The molecule has 4 N–H and O–H groups in total. The van der Waals surface area contributed by atoms with Crippen LogP contribution in [0, 0.1) is 0 Å². The van der Waals surface area contributed by atoms with Gasteiger partial charge in [-0.25, -0.2) is 0 Å². The van der Waals surface area contributed by atoms with Crippen LogP contribution in [-0.2, 0) is 4.79 Å². The minimum Gasteiger partial charge on any atom is -1.00 e. The fourth-order valence-corrected chi connectivity index (χ4v) is 0.879. The fourth-order valence-electron chi connectivity index (χ4n) is 0.879. The lowest BCUT2D eigenvalue weighted by Crippen LogP contribution is -3.00. The van der Waals surface area contributed by atoms with Gasteiger partial charge in [0.2, 0.25) is 0 Å². The second-order valence-corrected chi connectivity index (χ2v) is 4.56. The average Bonchev–Trinajstić information content (AvgIpc) is 2.19. The quantitative estimate of drug-likeness (QED) is 0.0911. The van der Waals surface area contributed by atoms with Crippen molar-refractivity contribution in [1.29, 1.82) is 0 Å². The van der Waals surface area contributed by atoms with Gasteiger partial charge < -0.3 is 44.8 Å². The number of amides is 1. The third-order valence-corrected chi connectivity index (χ3v) is 1.67. The Bertz CT molecular complexity index is 240. The summed E-state index contributed by atoms with van der Waals surface area (Å²) in [6, 6.07) is 0. The molecule has 0 fully saturated rings. The molecule has 0 aliphatic carbocycles. The number of nitrogens with one attached hydrogen (secondary N) is 2. The van der Waals surface area contributed by atoms with Crippen LogP contribution in [-0.4, -0.2) is 70.6 Å². The van der Waals surface area contributed by atoms with E-state index in [9.17, 15) is 4.79 Å². The molecular formula is C10H29I6N5O. The molecule has 0 saturated heterocycles. The summed E-state index contributed by atoms with van der Waals surface area (Å²) in [5.41, 5.74) is 5.30. The molecule has 0 rings (SSSR count). The lowest BCUT2D eigenvalue weighted by atomic mass is 10.5. The first kappa shape index (κ1) is 44.7. The Morgan fingerprint density at radius 1 is 1.09 bits per heavy atom. The van der Waals surface area contributed by atoms with Crippen molar-refractivity contribution >= 4 is 132 Å². The van der Waals surface area contributed by atoms with Crippen LogP contribution in [0.1, 0.15) is 0 Å². The summed E-state index contributed by atoms with van der Waals surface area (Å²) in [5, 5.41) is 5.86. The zero-order chi connectivity index (χ0) is 12.4. The maximum absolute atomic E-state index is 11.3. The standard InChI is InChI=1S/C10H23N5O.6HI/c1-15(2,3)9-14-10(16)8-13-7-6-12-5-4-11;;;;;;/h8,12H,4-7,9,11H2,1-3H3;6*1H. The first-order valence-electron chi connectivity index (χ1n) is 5.44. The van der Waals surface area contributed by atoms with Crippen molar-refractivity contribution < 1.29 is 33.3 Å². The van der Waals surface area contributed by atoms with Crippen LogP contribution in [0.25, 0.3) is 0 Å². The molecule has 0 bridgehead atoms. The summed E-state index contributed by atoms with van der Waals surface area (Å²) in [4.78, 5) is 15.3. The van der Waals surface area contributed by atoms with Gasteiger partial charge >= 0.3 is 0 Å². The Balaban J connectivity index is -0.0000000750. The number of rotatable bonds is 8. The highest BCUT2D eigenvalue weighted by Crippen LogP contribution is 1.83. The van der Waals surface area contributed by atoms with E-state index in [2.05, 4.69) is 15.6 Å². The van der Waals surface area contributed by atoms with Crippen molar-refractivity contribution in [3.63, 3.8) is 0 Å². The van der Waals surface area contributed by atoms with Crippen LogP contribution in [0.15, 0.2) is 4.99 Å². The van der Waals surface area contributed by atoms with Gasteiger partial charge in [0.15, 0.2) is 6.67 Å². The molecule has 0 aromatic heterocycles. The van der Waals surface area contributed by atoms with E-state index in [1.165, 1.54) is 6.21 Å². The van der Waals surface area contributed by atoms with E-state index < -0.39 is 0 Å². The summed E-state index contributed by atoms with van der Waals surface area (Å²) in [6.07, 6.45) is 1.33. The molecule has 6 nitrogen and oxygen atoms in total. The Morgan fingerprint density at radius 3 is 2.00 bits per heavy atom. The number of quaternary nitrogens is 1. The van der Waals surface area contributed by atoms with Crippen molar-refractivity contribution in [2.75, 3.05) is 54.0 Å². The number of nitrogens with zero attached hydrogens (tertiary/aromatic N) is 2. The zero-order valence-corrected chi connectivity index (χ0v) is 26.7. The van der Waals surface area contributed by atoms with Crippen LogP contribution in [0.3, 0.4) is 0 Å². The Hall–Kier alpha value is 3.40. The smallest absolute Gasteiger partial charge is 0.266 e. The predicted octanol–water partition coefficient (Wildman–Crippen LogP) is -1.52. The summed E-state index contributed by atoms with van der Waals surface area (Å²) < 4.78 is 0.692. The summed E-state index contributed by atoms with van der Waals surface area (Å²) in [7, 11) is 6.02. The highest BCUT2D eigenvalue weighted by atomic mass is 127. The first-order chi connectivity index (χ1) is 7.45. The van der Waals surface area contributed by atoms with Crippen LogP contribution in [0.5, 0.6) is 0 Å². The SMILES string of the molecule is C[N+](C)(C)CNC(=O)C=NCCNCCN.I.I.I.I.I.[I-]. The van der Waals surface area contributed by atoms with Crippen molar-refractivity contribution in [3.8, 4) is 0 Å². The lowest BCUT2D eigenvalue weighted by molar-refractivity contribution is -0.872. The Morgan fingerprint density at radius 2 is 1.59 bits per heavy atom. The topological polar surface area (TPSA) is 79.5 Å². The molecule has 0 aliphatic rings. The van der Waals surface area contributed by atoms with E-state index in [-0.39, 0.29) is 150 Å². The molecule has 0 unspecified atom stereocenters. The van der Waals surface area contributed by atoms with Gasteiger partial charge in [0.05, 0.1) is 33.9 Å². The number of carbonyl (C=O) groups is 1. The number of aliphatic imine (C=N–C) groups is 1. The van der Waals surface area contributed by atoms with Crippen molar-refractivity contribution in [3.05, 3.63) is 0 Å². The number of nitrogens with two attached hydrogens (primary N) is 1. The Labute approximate surface area is 236 Å². The second kappa shape index (κ2) is 29.2. The summed E-state index contributed by atoms with van der Waals surface area (Å²) in [5.74, 6) is -0.146. The van der Waals surface area contributed by atoms with Gasteiger partial charge in [0.25, 0.3) is 5.91 Å². The molecule has 0 atom stereocenters. The van der Waals surface area contributed by atoms with Gasteiger partial charge in [-0.05, 0) is 0 Å². The minimum absolute atomic E-state index is 0. The fraction of sp³-hybridized carbons (Fsp3) is 0.800. The first-order valence-corrected chi connectivity index (χ1v) is 5.44. The van der Waals surface area contributed by atoms with Gasteiger partial charge in [-0.3, -0.25) is 9.79 Å². The zero-order valence-electron chi connectivity index (χ0n) is 12.9. The van der Waals surface area contributed by atoms with Gasteiger partial charge in [0, 0.05) is 19.6 Å². The molecule has 1 amide bonds. The van der Waals surface area contributed by atoms with E-state index in [1.54, 1.807) is 0 Å². The Kier molecular flexibility index (Phi) is 59.2. The minimum atomic E-state index is -0.146. The van der Waals surface area contributed by atoms with Crippen molar-refractivity contribution in [2.24, 2.45) is 10.7 Å². The van der Waals surface area contributed by atoms with Gasteiger partial charge in [-0.1, -0.05) is 0 Å². The maximum Gasteiger partial charge on any atom is 0.266 e. The molecule has 0 spiro atoms. The van der Waals surface area contributed by atoms with Crippen LogP contribution < -0.4 is 40.3 Å². The summed E-state index contributed by atoms with van der Waals surface area (Å²) in [6.45, 7) is 3.33. The van der Waals surface area contributed by atoms with E-state index in [1.807, 2.05) is 21.1 Å². The highest BCUT2D eigenvalue weighted by Gasteiger charge is 2.06. The molecule has 0 saturated carbocycles. The monoisotopic (exact) mass is 997 g/mol. The van der Waals surface area contributed by atoms with Gasteiger partial charge in [-0.2, -0.15) is 0 Å². The highest BCUT2D eigenvalue weighted by molar-refractivity contribution is 14.0. The molecule has 0 radical (unpaired) electrons. The largest absolute Gasteiger partial charge is 1.00 e.